The number of nitrogens with one attached hydrogen (secondary N) is 1. The van der Waals surface area contributed by atoms with Crippen LogP contribution < -0.4 is 10.2 Å². The Kier molecular flexibility index (Phi) is 3.62. The highest BCUT2D eigenvalue weighted by Crippen LogP contribution is 2.16. The summed E-state index contributed by atoms with van der Waals surface area (Å²) in [6, 6.07) is 10.6. The molecule has 2 heteroatoms. The molecule has 0 aromatic heterocycles. The molecule has 1 saturated heterocycles. The molecule has 0 bridgehead atoms. The van der Waals surface area contributed by atoms with Gasteiger partial charge in [0.15, 0.2) is 0 Å². The Hall–Kier alpha value is -1.02. The summed E-state index contributed by atoms with van der Waals surface area (Å²) in [6.45, 7) is 3.58. The average molecular weight is 204 g/mol. The largest absolute Gasteiger partial charge is 0.375 e. The van der Waals surface area contributed by atoms with Crippen molar-refractivity contribution >= 4 is 5.69 Å². The van der Waals surface area contributed by atoms with Crippen LogP contribution in [-0.2, 0) is 0 Å². The fraction of sp³-hybridized carbons (Fsp3) is 0.538. The topological polar surface area (TPSA) is 15.3 Å². The van der Waals surface area contributed by atoms with Gasteiger partial charge in [-0.15, -0.1) is 0 Å². The monoisotopic (exact) mass is 204 g/mol. The second-order valence-corrected chi connectivity index (χ2v) is 4.40. The number of hydrogen-bond donors (Lipinski definition) is 1. The van der Waals surface area contributed by atoms with E-state index in [-0.39, 0.29) is 0 Å². The van der Waals surface area contributed by atoms with Gasteiger partial charge >= 0.3 is 0 Å². The lowest BCUT2D eigenvalue weighted by molar-refractivity contribution is 0.533. The maximum absolute atomic E-state index is 3.42. The van der Waals surface area contributed by atoms with Gasteiger partial charge in [-0.3, -0.25) is 0 Å². The van der Waals surface area contributed by atoms with Crippen LogP contribution in [0.25, 0.3) is 0 Å². The van der Waals surface area contributed by atoms with Gasteiger partial charge in [-0.2, -0.15) is 0 Å². The van der Waals surface area contributed by atoms with Gasteiger partial charge in [0.1, 0.15) is 0 Å². The number of benzene rings is 1. The summed E-state index contributed by atoms with van der Waals surface area (Å²) in [4.78, 5) is 2.35. The number of hydrogen-bond acceptors (Lipinski definition) is 2. The smallest absolute Gasteiger partial charge is 0.0363 e. The molecule has 1 atom stereocenters. The van der Waals surface area contributed by atoms with Gasteiger partial charge in [0.05, 0.1) is 0 Å². The second kappa shape index (κ2) is 5.17. The van der Waals surface area contributed by atoms with Gasteiger partial charge in [0.25, 0.3) is 0 Å². The molecule has 0 aliphatic carbocycles. The van der Waals surface area contributed by atoms with Gasteiger partial charge in [0.2, 0.25) is 0 Å². The SMILES string of the molecule is CN(CCC1CCNC1)c1ccccc1. The minimum Gasteiger partial charge on any atom is -0.375 e. The van der Waals surface area contributed by atoms with E-state index in [0.29, 0.717) is 0 Å². The van der Waals surface area contributed by atoms with E-state index in [1.54, 1.807) is 0 Å². The molecule has 2 rings (SSSR count). The van der Waals surface area contributed by atoms with E-state index in [1.165, 1.54) is 31.6 Å². The van der Waals surface area contributed by atoms with Gasteiger partial charge in [-0.25, -0.2) is 0 Å². The quantitative estimate of drug-likeness (QED) is 0.808. The molecule has 0 amide bonds. The van der Waals surface area contributed by atoms with Crippen molar-refractivity contribution < 1.29 is 0 Å². The van der Waals surface area contributed by atoms with Crippen LogP contribution >= 0.6 is 0 Å². The summed E-state index contributed by atoms with van der Waals surface area (Å²) in [7, 11) is 2.18. The standard InChI is InChI=1S/C13H20N2/c1-15(13-5-3-2-4-6-13)10-8-12-7-9-14-11-12/h2-6,12,14H,7-11H2,1H3. The zero-order valence-corrected chi connectivity index (χ0v) is 9.45. The van der Waals surface area contributed by atoms with Crippen molar-refractivity contribution in [1.29, 1.82) is 0 Å². The van der Waals surface area contributed by atoms with Crippen molar-refractivity contribution in [3.63, 3.8) is 0 Å². The third kappa shape index (κ3) is 2.96. The first kappa shape index (κ1) is 10.5. The third-order valence-corrected chi connectivity index (χ3v) is 3.23. The summed E-state index contributed by atoms with van der Waals surface area (Å²) in [5.74, 6) is 0.885. The van der Waals surface area contributed by atoms with E-state index in [2.05, 4.69) is 47.6 Å². The first-order valence-electron chi connectivity index (χ1n) is 5.83. The summed E-state index contributed by atoms with van der Waals surface area (Å²) < 4.78 is 0. The second-order valence-electron chi connectivity index (χ2n) is 4.40. The Morgan fingerprint density at radius 2 is 2.13 bits per heavy atom. The number of rotatable bonds is 4. The van der Waals surface area contributed by atoms with E-state index in [0.717, 1.165) is 12.5 Å². The third-order valence-electron chi connectivity index (χ3n) is 3.23. The van der Waals surface area contributed by atoms with Crippen LogP contribution in [0.3, 0.4) is 0 Å². The van der Waals surface area contributed by atoms with E-state index in [9.17, 15) is 0 Å². The molecule has 0 radical (unpaired) electrons. The maximum atomic E-state index is 3.42. The first-order valence-corrected chi connectivity index (χ1v) is 5.83. The molecule has 0 saturated carbocycles. The summed E-state index contributed by atoms with van der Waals surface area (Å²) in [6.07, 6.45) is 2.65. The highest BCUT2D eigenvalue weighted by atomic mass is 15.1. The van der Waals surface area contributed by atoms with Crippen molar-refractivity contribution in [3.8, 4) is 0 Å². The Bertz CT molecular complexity index is 278. The van der Waals surface area contributed by atoms with E-state index < -0.39 is 0 Å². The molecule has 0 spiro atoms. The van der Waals surface area contributed by atoms with Crippen LogP contribution in [0.15, 0.2) is 30.3 Å². The highest BCUT2D eigenvalue weighted by Gasteiger charge is 2.14. The Morgan fingerprint density at radius 3 is 2.80 bits per heavy atom. The molecule has 1 heterocycles. The minimum atomic E-state index is 0.885. The van der Waals surface area contributed by atoms with Gasteiger partial charge in [-0.1, -0.05) is 18.2 Å². The lowest BCUT2D eigenvalue weighted by atomic mass is 10.0. The lowest BCUT2D eigenvalue weighted by Gasteiger charge is -2.20. The molecule has 1 fully saturated rings. The fourth-order valence-corrected chi connectivity index (χ4v) is 2.15. The van der Waals surface area contributed by atoms with Crippen LogP contribution in [-0.4, -0.2) is 26.7 Å². The van der Waals surface area contributed by atoms with Gasteiger partial charge in [0, 0.05) is 19.3 Å². The van der Waals surface area contributed by atoms with Crippen molar-refractivity contribution in [2.45, 2.75) is 12.8 Å². The predicted octanol–water partition coefficient (Wildman–Crippen LogP) is 2.12. The Morgan fingerprint density at radius 1 is 1.33 bits per heavy atom. The van der Waals surface area contributed by atoms with Crippen LogP contribution in [0.2, 0.25) is 0 Å². The summed E-state index contributed by atoms with van der Waals surface area (Å²) in [5.41, 5.74) is 1.32. The molecular weight excluding hydrogens is 184 g/mol. The Balaban J connectivity index is 1.79. The zero-order valence-electron chi connectivity index (χ0n) is 9.45. The first-order chi connectivity index (χ1) is 7.36. The fourth-order valence-electron chi connectivity index (χ4n) is 2.15. The van der Waals surface area contributed by atoms with Gasteiger partial charge < -0.3 is 10.2 Å². The average Bonchev–Trinajstić information content (AvgIpc) is 2.80. The molecule has 2 nitrogen and oxygen atoms in total. The molecule has 82 valence electrons. The van der Waals surface area contributed by atoms with E-state index in [1.807, 2.05) is 0 Å². The van der Waals surface area contributed by atoms with Crippen molar-refractivity contribution in [2.24, 2.45) is 5.92 Å². The highest BCUT2D eigenvalue weighted by molar-refractivity contribution is 5.44. The minimum absolute atomic E-state index is 0.885. The number of para-hydroxylation sites is 1. The molecule has 1 aromatic rings. The molecular formula is C13H20N2. The van der Waals surface area contributed by atoms with Crippen LogP contribution in [0.1, 0.15) is 12.8 Å². The molecule has 1 aromatic carbocycles. The number of nitrogens with zero attached hydrogens (tertiary/aromatic N) is 1. The van der Waals surface area contributed by atoms with Crippen LogP contribution in [0.4, 0.5) is 5.69 Å². The number of anilines is 1. The maximum Gasteiger partial charge on any atom is 0.0363 e. The van der Waals surface area contributed by atoms with Crippen molar-refractivity contribution in [3.05, 3.63) is 30.3 Å². The lowest BCUT2D eigenvalue weighted by Crippen LogP contribution is -2.21. The molecule has 1 aliphatic rings. The van der Waals surface area contributed by atoms with E-state index >= 15 is 0 Å². The van der Waals surface area contributed by atoms with Gasteiger partial charge in [-0.05, 0) is 44.0 Å². The molecule has 15 heavy (non-hydrogen) atoms. The van der Waals surface area contributed by atoms with Crippen LogP contribution in [0.5, 0.6) is 0 Å². The summed E-state index contributed by atoms with van der Waals surface area (Å²) >= 11 is 0. The Labute approximate surface area is 92.3 Å². The molecule has 1 aliphatic heterocycles. The summed E-state index contributed by atoms with van der Waals surface area (Å²) in [5, 5.41) is 3.42. The molecule has 1 N–H and O–H groups in total. The van der Waals surface area contributed by atoms with E-state index in [4.69, 9.17) is 0 Å². The van der Waals surface area contributed by atoms with Crippen LogP contribution in [0, 0.1) is 5.92 Å². The molecule has 1 unspecified atom stereocenters. The zero-order chi connectivity index (χ0) is 10.5. The predicted molar refractivity (Wildman–Crippen MR) is 65.3 cm³/mol. The normalized spacial score (nSPS) is 20.5. The van der Waals surface area contributed by atoms with Crippen molar-refractivity contribution in [2.75, 3.05) is 31.6 Å². The van der Waals surface area contributed by atoms with Crippen molar-refractivity contribution in [1.82, 2.24) is 5.32 Å².